The van der Waals surface area contributed by atoms with Gasteiger partial charge in [0.2, 0.25) is 0 Å². The molecular weight excluding hydrogens is 468 g/mol. The third-order valence-corrected chi connectivity index (χ3v) is 8.26. The smallest absolute Gasteiger partial charge is 0.264 e. The van der Waals surface area contributed by atoms with E-state index in [1.54, 1.807) is 54.6 Å². The average Bonchev–Trinajstić information content (AvgIpc) is 2.85. The minimum atomic E-state index is -3.84. The third-order valence-electron chi connectivity index (χ3n) is 6.25. The van der Waals surface area contributed by atoms with Crippen molar-refractivity contribution in [3.8, 4) is 0 Å². The fourth-order valence-corrected chi connectivity index (χ4v) is 6.01. The van der Waals surface area contributed by atoms with E-state index in [0.29, 0.717) is 16.3 Å². The zero-order chi connectivity index (χ0) is 24.1. The Morgan fingerprint density at radius 2 is 1.65 bits per heavy atom. The molecule has 3 aromatic carbocycles. The number of hydrogen-bond acceptors (Lipinski definition) is 3. The quantitative estimate of drug-likeness (QED) is 0.429. The van der Waals surface area contributed by atoms with E-state index in [0.717, 1.165) is 36.8 Å². The molecule has 0 bridgehead atoms. The molecule has 1 amide bonds. The maximum Gasteiger partial charge on any atom is 0.264 e. The summed E-state index contributed by atoms with van der Waals surface area (Å²) in [6, 6.07) is 20.9. The van der Waals surface area contributed by atoms with Crippen molar-refractivity contribution >= 4 is 33.2 Å². The lowest BCUT2D eigenvalue weighted by atomic mass is 9.95. The van der Waals surface area contributed by atoms with Gasteiger partial charge in [-0.3, -0.25) is 9.10 Å². The van der Waals surface area contributed by atoms with Crippen LogP contribution in [0.2, 0.25) is 5.02 Å². The van der Waals surface area contributed by atoms with Crippen molar-refractivity contribution in [3.05, 3.63) is 94.5 Å². The van der Waals surface area contributed by atoms with Gasteiger partial charge < -0.3 is 5.32 Å². The second kappa shape index (κ2) is 10.6. The Kier molecular flexibility index (Phi) is 7.59. The van der Waals surface area contributed by atoms with Gasteiger partial charge in [0.15, 0.2) is 0 Å². The van der Waals surface area contributed by atoms with Gasteiger partial charge in [-0.2, -0.15) is 0 Å². The second-order valence-corrected chi connectivity index (χ2v) is 11.1. The van der Waals surface area contributed by atoms with Crippen LogP contribution in [-0.2, 0) is 16.6 Å². The minimum Gasteiger partial charge on any atom is -0.349 e. The lowest BCUT2D eigenvalue weighted by Crippen LogP contribution is -2.36. The molecule has 0 radical (unpaired) electrons. The molecule has 0 atom stereocenters. The number of nitrogens with one attached hydrogen (secondary N) is 1. The van der Waals surface area contributed by atoms with Crippen molar-refractivity contribution in [3.63, 3.8) is 0 Å². The summed E-state index contributed by atoms with van der Waals surface area (Å²) in [5, 5.41) is 3.58. The van der Waals surface area contributed by atoms with E-state index < -0.39 is 10.0 Å². The zero-order valence-electron chi connectivity index (χ0n) is 19.2. The van der Waals surface area contributed by atoms with Crippen LogP contribution in [-0.4, -0.2) is 20.4 Å². The number of rotatable bonds is 7. The Morgan fingerprint density at radius 3 is 2.32 bits per heavy atom. The SMILES string of the molecule is Cc1ccc(Cl)cc1N(Cc1ccc(C(=O)NC2CCCCC2)cc1)S(=O)(=O)c1ccccc1. The lowest BCUT2D eigenvalue weighted by Gasteiger charge is -2.26. The number of benzene rings is 3. The van der Waals surface area contributed by atoms with Crippen LogP contribution >= 0.6 is 11.6 Å². The predicted molar refractivity (Wildman–Crippen MR) is 137 cm³/mol. The largest absolute Gasteiger partial charge is 0.349 e. The fourth-order valence-electron chi connectivity index (χ4n) is 4.31. The van der Waals surface area contributed by atoms with Gasteiger partial charge in [-0.05, 0) is 67.3 Å². The van der Waals surface area contributed by atoms with E-state index in [1.165, 1.54) is 10.7 Å². The molecular formula is C27H29ClN2O3S. The zero-order valence-corrected chi connectivity index (χ0v) is 20.8. The van der Waals surface area contributed by atoms with Gasteiger partial charge in [-0.25, -0.2) is 8.42 Å². The average molecular weight is 497 g/mol. The van der Waals surface area contributed by atoms with Gasteiger partial charge in [-0.1, -0.05) is 67.3 Å². The second-order valence-electron chi connectivity index (χ2n) is 8.76. The highest BCUT2D eigenvalue weighted by atomic mass is 35.5. The normalized spacial score (nSPS) is 14.5. The van der Waals surface area contributed by atoms with Gasteiger partial charge in [0, 0.05) is 16.6 Å². The number of nitrogens with zero attached hydrogens (tertiary/aromatic N) is 1. The molecule has 0 aromatic heterocycles. The topological polar surface area (TPSA) is 66.5 Å². The molecule has 3 aromatic rings. The van der Waals surface area contributed by atoms with E-state index in [1.807, 2.05) is 25.1 Å². The molecule has 7 heteroatoms. The van der Waals surface area contributed by atoms with Crippen molar-refractivity contribution < 1.29 is 13.2 Å². The van der Waals surface area contributed by atoms with Crippen molar-refractivity contribution in [2.24, 2.45) is 0 Å². The summed E-state index contributed by atoms with van der Waals surface area (Å²) in [4.78, 5) is 12.9. The van der Waals surface area contributed by atoms with Crippen LogP contribution < -0.4 is 9.62 Å². The molecule has 0 heterocycles. The number of hydrogen-bond donors (Lipinski definition) is 1. The molecule has 0 saturated heterocycles. The fraction of sp³-hybridized carbons (Fsp3) is 0.296. The molecule has 34 heavy (non-hydrogen) atoms. The molecule has 1 aliphatic carbocycles. The van der Waals surface area contributed by atoms with E-state index in [2.05, 4.69) is 5.32 Å². The monoisotopic (exact) mass is 496 g/mol. The van der Waals surface area contributed by atoms with Gasteiger partial charge in [-0.15, -0.1) is 0 Å². The molecule has 1 aliphatic rings. The van der Waals surface area contributed by atoms with E-state index >= 15 is 0 Å². The van der Waals surface area contributed by atoms with Gasteiger partial charge in [0.25, 0.3) is 15.9 Å². The molecule has 1 saturated carbocycles. The highest BCUT2D eigenvalue weighted by molar-refractivity contribution is 7.92. The van der Waals surface area contributed by atoms with E-state index in [9.17, 15) is 13.2 Å². The summed E-state index contributed by atoms with van der Waals surface area (Å²) < 4.78 is 28.6. The summed E-state index contributed by atoms with van der Waals surface area (Å²) in [6.45, 7) is 1.97. The molecule has 178 valence electrons. The Bertz CT molecular complexity index is 1240. The summed E-state index contributed by atoms with van der Waals surface area (Å²) >= 11 is 6.23. The predicted octanol–water partition coefficient (Wildman–Crippen LogP) is 6.11. The first-order chi connectivity index (χ1) is 16.3. The van der Waals surface area contributed by atoms with Crippen molar-refractivity contribution in [2.75, 3.05) is 4.31 Å². The summed E-state index contributed by atoms with van der Waals surface area (Å²) in [5.74, 6) is -0.0853. The maximum atomic E-state index is 13.6. The standard InChI is InChI=1S/C27H29ClN2O3S/c1-20-12-17-23(28)18-26(20)30(34(32,33)25-10-6-3-7-11-25)19-21-13-15-22(16-14-21)27(31)29-24-8-4-2-5-9-24/h3,6-7,10-18,24H,2,4-5,8-9,19H2,1H3,(H,29,31). The molecule has 1 N–H and O–H groups in total. The number of carbonyl (C=O) groups excluding carboxylic acids is 1. The highest BCUT2D eigenvalue weighted by Crippen LogP contribution is 2.31. The van der Waals surface area contributed by atoms with E-state index in [-0.39, 0.29) is 23.4 Å². The first-order valence-electron chi connectivity index (χ1n) is 11.6. The number of anilines is 1. The first kappa shape index (κ1) is 24.3. The summed E-state index contributed by atoms with van der Waals surface area (Å²) in [7, 11) is -3.84. The van der Waals surface area contributed by atoms with Crippen LogP contribution in [0.15, 0.2) is 77.7 Å². The van der Waals surface area contributed by atoms with Crippen LogP contribution in [0, 0.1) is 6.92 Å². The molecule has 0 unspecified atom stereocenters. The van der Waals surface area contributed by atoms with Crippen molar-refractivity contribution in [1.29, 1.82) is 0 Å². The van der Waals surface area contributed by atoms with Crippen LogP contribution in [0.5, 0.6) is 0 Å². The number of sulfonamides is 1. The molecule has 0 spiro atoms. The van der Waals surface area contributed by atoms with Gasteiger partial charge in [0.05, 0.1) is 17.1 Å². The van der Waals surface area contributed by atoms with Crippen LogP contribution in [0.1, 0.15) is 53.6 Å². The summed E-state index contributed by atoms with van der Waals surface area (Å²) in [6.07, 6.45) is 5.58. The molecule has 4 rings (SSSR count). The van der Waals surface area contributed by atoms with Crippen LogP contribution in [0.3, 0.4) is 0 Å². The van der Waals surface area contributed by atoms with Crippen molar-refractivity contribution in [1.82, 2.24) is 5.32 Å². The third kappa shape index (κ3) is 5.62. The number of aryl methyl sites for hydroxylation is 1. The lowest BCUT2D eigenvalue weighted by molar-refractivity contribution is 0.0927. The molecule has 1 fully saturated rings. The highest BCUT2D eigenvalue weighted by Gasteiger charge is 2.27. The number of amides is 1. The van der Waals surface area contributed by atoms with Crippen molar-refractivity contribution in [2.45, 2.75) is 56.5 Å². The van der Waals surface area contributed by atoms with Crippen LogP contribution in [0.4, 0.5) is 5.69 Å². The Hall–Kier alpha value is -2.83. The Morgan fingerprint density at radius 1 is 0.971 bits per heavy atom. The Balaban J connectivity index is 1.60. The molecule has 0 aliphatic heterocycles. The number of halogens is 1. The number of carbonyl (C=O) groups is 1. The summed E-state index contributed by atoms with van der Waals surface area (Å²) in [5.41, 5.74) is 2.67. The minimum absolute atomic E-state index is 0.0853. The van der Waals surface area contributed by atoms with E-state index in [4.69, 9.17) is 11.6 Å². The van der Waals surface area contributed by atoms with Gasteiger partial charge >= 0.3 is 0 Å². The first-order valence-corrected chi connectivity index (χ1v) is 13.4. The van der Waals surface area contributed by atoms with Gasteiger partial charge in [0.1, 0.15) is 0 Å². The van der Waals surface area contributed by atoms with Crippen LogP contribution in [0.25, 0.3) is 0 Å². The molecule has 5 nitrogen and oxygen atoms in total. The maximum absolute atomic E-state index is 13.6. The Labute approximate surface area is 206 Å².